The lowest BCUT2D eigenvalue weighted by molar-refractivity contribution is -0.134. The fourth-order valence-corrected chi connectivity index (χ4v) is 2.48. The molecule has 0 saturated heterocycles. The molecule has 2 atom stereocenters. The Morgan fingerprint density at radius 3 is 2.72 bits per heavy atom. The van der Waals surface area contributed by atoms with Crippen LogP contribution in [0.4, 0.5) is 0 Å². The number of hydrogen-bond donors (Lipinski definition) is 0. The minimum atomic E-state index is -1.02. The Labute approximate surface area is 113 Å². The lowest BCUT2D eigenvalue weighted by Crippen LogP contribution is -2.54. The summed E-state index contributed by atoms with van der Waals surface area (Å²) in [5.41, 5.74) is 0.987. The number of carbonyl (C=O) groups excluding carboxylic acids is 1. The number of rotatable bonds is 5. The first-order valence-corrected chi connectivity index (χ1v) is 6.20. The molecule has 0 radical (unpaired) electrons. The molecule has 0 aromatic carbocycles. The van der Waals surface area contributed by atoms with Gasteiger partial charge in [-0.3, -0.25) is 4.79 Å². The average molecular weight is 274 g/mol. The average Bonchev–Trinajstić information content (AvgIpc) is 2.32. The number of methoxy groups -OCH3 is 2. The maximum absolute atomic E-state index is 11.8. The first-order chi connectivity index (χ1) is 8.46. The molecule has 0 aromatic rings. The molecule has 1 aliphatic rings. The van der Waals surface area contributed by atoms with E-state index in [-0.39, 0.29) is 11.9 Å². The van der Waals surface area contributed by atoms with E-state index in [0.717, 1.165) is 5.57 Å². The van der Waals surface area contributed by atoms with E-state index < -0.39 is 5.06 Å². The van der Waals surface area contributed by atoms with Crippen LogP contribution < -0.4 is 0 Å². The number of nitrogens with zero attached hydrogens (tertiary/aromatic N) is 1. The van der Waals surface area contributed by atoms with E-state index >= 15 is 0 Å². The monoisotopic (exact) mass is 273 g/mol. The molecule has 0 fully saturated rings. The van der Waals surface area contributed by atoms with Gasteiger partial charge in [0.1, 0.15) is 0 Å². The van der Waals surface area contributed by atoms with Crippen LogP contribution in [0.2, 0.25) is 0 Å². The normalized spacial score (nSPS) is 26.9. The van der Waals surface area contributed by atoms with Crippen molar-refractivity contribution in [2.24, 2.45) is 0 Å². The highest BCUT2D eigenvalue weighted by Gasteiger charge is 2.42. The molecule has 18 heavy (non-hydrogen) atoms. The maximum Gasteiger partial charge on any atom is 0.220 e. The smallest absolute Gasteiger partial charge is 0.220 e. The summed E-state index contributed by atoms with van der Waals surface area (Å²) in [6, 6.07) is -0.318. The van der Waals surface area contributed by atoms with Gasteiger partial charge in [0.05, 0.1) is 12.6 Å². The molecule has 4 nitrogen and oxygen atoms in total. The topological polar surface area (TPSA) is 38.8 Å². The molecule has 0 heterocycles. The van der Waals surface area contributed by atoms with Gasteiger partial charge in [0.2, 0.25) is 5.91 Å². The Hall–Kier alpha value is -0.840. The number of carbonyl (C=O) groups is 1. The summed E-state index contributed by atoms with van der Waals surface area (Å²) in [6.45, 7) is 4.40. The van der Waals surface area contributed by atoms with Crippen LogP contribution in [-0.2, 0) is 14.3 Å². The molecule has 0 spiro atoms. The molecule has 0 bridgehead atoms. The van der Waals surface area contributed by atoms with Crippen LogP contribution in [0.5, 0.6) is 0 Å². The summed E-state index contributed by atoms with van der Waals surface area (Å²) in [5.74, 6) is -0.0535. The summed E-state index contributed by atoms with van der Waals surface area (Å²) >= 11 is 6.45. The summed E-state index contributed by atoms with van der Waals surface area (Å²) < 4.78 is 10.4. The van der Waals surface area contributed by atoms with Crippen molar-refractivity contribution >= 4 is 17.5 Å². The van der Waals surface area contributed by atoms with E-state index in [0.29, 0.717) is 13.2 Å². The van der Waals surface area contributed by atoms with Crippen LogP contribution in [-0.4, -0.2) is 49.3 Å². The first kappa shape index (κ1) is 15.2. The van der Waals surface area contributed by atoms with Crippen LogP contribution in [0.1, 0.15) is 13.8 Å². The third-order valence-electron chi connectivity index (χ3n) is 3.05. The molecule has 1 aliphatic carbocycles. The number of allylic oxidation sites excluding steroid dienone is 2. The van der Waals surface area contributed by atoms with Crippen LogP contribution >= 0.6 is 11.6 Å². The lowest BCUT2D eigenvalue weighted by atomic mass is 9.95. The summed E-state index contributed by atoms with van der Waals surface area (Å²) in [4.78, 5) is 13.5. The van der Waals surface area contributed by atoms with Gasteiger partial charge in [0, 0.05) is 27.7 Å². The molecule has 0 aliphatic heterocycles. The summed E-state index contributed by atoms with van der Waals surface area (Å²) in [7, 11) is 3.14. The van der Waals surface area contributed by atoms with Crippen molar-refractivity contribution in [3.8, 4) is 0 Å². The fraction of sp³-hybridized carbons (Fsp3) is 0.615. The van der Waals surface area contributed by atoms with Crippen LogP contribution in [0.15, 0.2) is 23.8 Å². The van der Waals surface area contributed by atoms with Crippen LogP contribution in [0, 0.1) is 0 Å². The van der Waals surface area contributed by atoms with E-state index in [9.17, 15) is 4.79 Å². The number of halogens is 1. The van der Waals surface area contributed by atoms with E-state index in [1.54, 1.807) is 18.1 Å². The van der Waals surface area contributed by atoms with Crippen molar-refractivity contribution in [1.29, 1.82) is 0 Å². The Morgan fingerprint density at radius 2 is 2.22 bits per heavy atom. The third kappa shape index (κ3) is 3.13. The molecule has 1 amide bonds. The quantitative estimate of drug-likeness (QED) is 0.719. The summed E-state index contributed by atoms with van der Waals surface area (Å²) in [6.07, 6.45) is 5.54. The van der Waals surface area contributed by atoms with Gasteiger partial charge in [0.15, 0.2) is 5.06 Å². The first-order valence-electron chi connectivity index (χ1n) is 5.82. The highest BCUT2D eigenvalue weighted by molar-refractivity contribution is 6.25. The fourth-order valence-electron chi connectivity index (χ4n) is 2.12. The molecule has 0 saturated carbocycles. The van der Waals surface area contributed by atoms with Gasteiger partial charge >= 0.3 is 0 Å². The zero-order valence-corrected chi connectivity index (χ0v) is 12.0. The van der Waals surface area contributed by atoms with Crippen molar-refractivity contribution in [1.82, 2.24) is 4.90 Å². The Bertz CT molecular complexity index is 367. The van der Waals surface area contributed by atoms with Crippen LogP contribution in [0.25, 0.3) is 0 Å². The second kappa shape index (κ2) is 6.36. The molecular formula is C13H20ClNO3. The number of ether oxygens (including phenoxy) is 2. The molecule has 0 N–H and O–H groups in total. The second-order valence-corrected chi connectivity index (χ2v) is 4.87. The molecular weight excluding hydrogens is 254 g/mol. The largest absolute Gasteiger partial charge is 0.383 e. The second-order valence-electron chi connectivity index (χ2n) is 4.28. The SMILES string of the molecule is COCCN(C(C)=O)C1C(C)=CC=CC1(Cl)OC. The number of amides is 1. The Morgan fingerprint density at radius 1 is 1.56 bits per heavy atom. The van der Waals surface area contributed by atoms with Gasteiger partial charge in [-0.2, -0.15) is 0 Å². The van der Waals surface area contributed by atoms with Gasteiger partial charge < -0.3 is 14.4 Å². The zero-order chi connectivity index (χ0) is 13.8. The molecule has 2 unspecified atom stereocenters. The number of hydrogen-bond acceptors (Lipinski definition) is 3. The molecule has 5 heteroatoms. The highest BCUT2D eigenvalue weighted by Crippen LogP contribution is 2.34. The minimum Gasteiger partial charge on any atom is -0.383 e. The van der Waals surface area contributed by atoms with Crippen molar-refractivity contribution in [3.05, 3.63) is 23.8 Å². The van der Waals surface area contributed by atoms with E-state index in [2.05, 4.69) is 0 Å². The van der Waals surface area contributed by atoms with Crippen molar-refractivity contribution in [2.45, 2.75) is 24.9 Å². The van der Waals surface area contributed by atoms with Gasteiger partial charge in [0.25, 0.3) is 0 Å². The van der Waals surface area contributed by atoms with E-state index in [4.69, 9.17) is 21.1 Å². The predicted molar refractivity (Wildman–Crippen MR) is 71.5 cm³/mol. The van der Waals surface area contributed by atoms with Gasteiger partial charge in [-0.15, -0.1) is 0 Å². The summed E-state index contributed by atoms with van der Waals surface area (Å²) in [5, 5.41) is -1.02. The number of alkyl halides is 1. The van der Waals surface area contributed by atoms with E-state index in [1.165, 1.54) is 14.0 Å². The van der Waals surface area contributed by atoms with Crippen molar-refractivity contribution < 1.29 is 14.3 Å². The van der Waals surface area contributed by atoms with Gasteiger partial charge in [-0.05, 0) is 18.6 Å². The predicted octanol–water partition coefficient (Wildman–Crippen LogP) is 1.95. The van der Waals surface area contributed by atoms with E-state index in [1.807, 2.05) is 19.1 Å². The molecule has 102 valence electrons. The third-order valence-corrected chi connectivity index (χ3v) is 3.54. The Kier molecular flexibility index (Phi) is 5.38. The highest BCUT2D eigenvalue weighted by atomic mass is 35.5. The standard InChI is InChI=1S/C13H20ClNO3/c1-10-6-5-7-13(14,18-4)12(10)15(11(2)16)8-9-17-3/h5-7,12H,8-9H2,1-4H3. The molecule has 0 aromatic heterocycles. The van der Waals surface area contributed by atoms with Gasteiger partial charge in [-0.1, -0.05) is 23.8 Å². The van der Waals surface area contributed by atoms with Crippen molar-refractivity contribution in [3.63, 3.8) is 0 Å². The van der Waals surface area contributed by atoms with Gasteiger partial charge in [-0.25, -0.2) is 0 Å². The Balaban J connectivity index is 3.03. The maximum atomic E-state index is 11.8. The lowest BCUT2D eigenvalue weighted by Gasteiger charge is -2.41. The zero-order valence-electron chi connectivity index (χ0n) is 11.3. The van der Waals surface area contributed by atoms with Crippen LogP contribution in [0.3, 0.4) is 0 Å². The van der Waals surface area contributed by atoms with Crippen molar-refractivity contribution in [2.75, 3.05) is 27.4 Å². The molecule has 1 rings (SSSR count). The minimum absolute atomic E-state index is 0.0535.